The Morgan fingerprint density at radius 1 is 1.00 bits per heavy atom. The number of nitrogens with zero attached hydrogens (tertiary/aromatic N) is 1. The highest BCUT2D eigenvalue weighted by atomic mass is 16.3. The second-order valence-electron chi connectivity index (χ2n) is 4.25. The van der Waals surface area contributed by atoms with Crippen molar-refractivity contribution in [3.05, 3.63) is 0 Å². The first-order valence-corrected chi connectivity index (χ1v) is 5.81. The fraction of sp³-hybridized carbons (Fsp3) is 1.00. The number of aliphatic hydroxyl groups is 2. The van der Waals surface area contributed by atoms with Crippen LogP contribution in [0.15, 0.2) is 0 Å². The average Bonchev–Trinajstić information content (AvgIpc) is 2.67. The van der Waals surface area contributed by atoms with Crippen LogP contribution in [0.4, 0.5) is 0 Å². The van der Waals surface area contributed by atoms with E-state index in [0.717, 1.165) is 25.8 Å². The summed E-state index contributed by atoms with van der Waals surface area (Å²) in [5.41, 5.74) is 0. The molecule has 0 aromatic rings. The van der Waals surface area contributed by atoms with Crippen molar-refractivity contribution in [1.29, 1.82) is 0 Å². The van der Waals surface area contributed by atoms with E-state index >= 15 is 0 Å². The van der Waals surface area contributed by atoms with E-state index in [1.54, 1.807) is 0 Å². The smallest absolute Gasteiger partial charge is 0.0434 e. The van der Waals surface area contributed by atoms with Crippen LogP contribution in [-0.4, -0.2) is 48.0 Å². The quantitative estimate of drug-likeness (QED) is 0.642. The first kappa shape index (κ1) is 12.0. The molecule has 0 saturated carbocycles. The third-order valence-corrected chi connectivity index (χ3v) is 3.02. The van der Waals surface area contributed by atoms with E-state index in [1.165, 1.54) is 25.9 Å². The SMILES string of the molecule is OCCCC(CCO)CN1CCCC1. The molecule has 0 radical (unpaired) electrons. The number of hydrogen-bond donors (Lipinski definition) is 2. The average molecular weight is 201 g/mol. The summed E-state index contributed by atoms with van der Waals surface area (Å²) in [7, 11) is 0. The Kier molecular flexibility index (Phi) is 6.15. The van der Waals surface area contributed by atoms with Gasteiger partial charge in [-0.15, -0.1) is 0 Å². The Balaban J connectivity index is 2.18. The maximum absolute atomic E-state index is 8.93. The Morgan fingerprint density at radius 3 is 2.29 bits per heavy atom. The van der Waals surface area contributed by atoms with Crippen molar-refractivity contribution in [2.75, 3.05) is 32.8 Å². The summed E-state index contributed by atoms with van der Waals surface area (Å²) in [4.78, 5) is 2.48. The van der Waals surface area contributed by atoms with Crippen molar-refractivity contribution >= 4 is 0 Å². The predicted octanol–water partition coefficient (Wildman–Crippen LogP) is 0.853. The zero-order valence-corrected chi connectivity index (χ0v) is 8.99. The van der Waals surface area contributed by atoms with Crippen LogP contribution in [0, 0.1) is 5.92 Å². The fourth-order valence-corrected chi connectivity index (χ4v) is 2.22. The summed E-state index contributed by atoms with van der Waals surface area (Å²) < 4.78 is 0. The number of hydrogen-bond acceptors (Lipinski definition) is 3. The van der Waals surface area contributed by atoms with Crippen LogP contribution in [0.5, 0.6) is 0 Å². The molecule has 84 valence electrons. The van der Waals surface area contributed by atoms with Crippen molar-refractivity contribution in [1.82, 2.24) is 4.90 Å². The maximum atomic E-state index is 8.93. The molecule has 14 heavy (non-hydrogen) atoms. The number of likely N-dealkylation sites (tertiary alicyclic amines) is 1. The molecule has 1 atom stereocenters. The molecule has 0 aromatic carbocycles. The topological polar surface area (TPSA) is 43.7 Å². The molecule has 1 saturated heterocycles. The normalized spacial score (nSPS) is 20.1. The Labute approximate surface area is 86.7 Å². The van der Waals surface area contributed by atoms with Crippen molar-refractivity contribution in [2.45, 2.75) is 32.1 Å². The van der Waals surface area contributed by atoms with E-state index in [9.17, 15) is 0 Å². The lowest BCUT2D eigenvalue weighted by Gasteiger charge is -2.22. The van der Waals surface area contributed by atoms with E-state index in [-0.39, 0.29) is 13.2 Å². The van der Waals surface area contributed by atoms with Gasteiger partial charge in [0.25, 0.3) is 0 Å². The molecule has 2 N–H and O–H groups in total. The van der Waals surface area contributed by atoms with Gasteiger partial charge in [-0.25, -0.2) is 0 Å². The van der Waals surface area contributed by atoms with Crippen LogP contribution in [-0.2, 0) is 0 Å². The molecule has 3 heteroatoms. The molecule has 1 fully saturated rings. The van der Waals surface area contributed by atoms with Gasteiger partial charge in [-0.2, -0.15) is 0 Å². The number of aliphatic hydroxyl groups excluding tert-OH is 2. The molecule has 1 aliphatic heterocycles. The van der Waals surface area contributed by atoms with Gasteiger partial charge in [0.05, 0.1) is 0 Å². The second-order valence-corrected chi connectivity index (χ2v) is 4.25. The highest BCUT2D eigenvalue weighted by molar-refractivity contribution is 4.71. The van der Waals surface area contributed by atoms with Gasteiger partial charge in [0.2, 0.25) is 0 Å². The van der Waals surface area contributed by atoms with Gasteiger partial charge < -0.3 is 15.1 Å². The Morgan fingerprint density at radius 2 is 1.71 bits per heavy atom. The fourth-order valence-electron chi connectivity index (χ4n) is 2.22. The summed E-state index contributed by atoms with van der Waals surface area (Å²) in [6, 6.07) is 0. The molecule has 3 nitrogen and oxygen atoms in total. The molecule has 0 aromatic heterocycles. The largest absolute Gasteiger partial charge is 0.396 e. The van der Waals surface area contributed by atoms with Crippen LogP contribution >= 0.6 is 0 Å². The molecule has 0 amide bonds. The van der Waals surface area contributed by atoms with Crippen LogP contribution in [0.2, 0.25) is 0 Å². The summed E-state index contributed by atoms with van der Waals surface area (Å²) in [5, 5.41) is 17.7. The zero-order valence-electron chi connectivity index (χ0n) is 8.99. The third-order valence-electron chi connectivity index (χ3n) is 3.02. The van der Waals surface area contributed by atoms with E-state index in [4.69, 9.17) is 10.2 Å². The number of rotatable bonds is 7. The lowest BCUT2D eigenvalue weighted by atomic mass is 9.99. The molecule has 1 unspecified atom stereocenters. The molecule has 1 aliphatic rings. The molecule has 1 rings (SSSR count). The van der Waals surface area contributed by atoms with Crippen molar-refractivity contribution in [2.24, 2.45) is 5.92 Å². The first-order chi connectivity index (χ1) is 6.86. The second kappa shape index (κ2) is 7.21. The minimum Gasteiger partial charge on any atom is -0.396 e. The van der Waals surface area contributed by atoms with Gasteiger partial charge >= 0.3 is 0 Å². The van der Waals surface area contributed by atoms with Gasteiger partial charge in [-0.3, -0.25) is 0 Å². The predicted molar refractivity (Wildman–Crippen MR) is 57.2 cm³/mol. The molecule has 0 bridgehead atoms. The summed E-state index contributed by atoms with van der Waals surface area (Å²) in [5.74, 6) is 0.574. The highest BCUT2D eigenvalue weighted by Gasteiger charge is 2.16. The van der Waals surface area contributed by atoms with E-state index in [1.807, 2.05) is 0 Å². The van der Waals surface area contributed by atoms with Gasteiger partial charge in [0.1, 0.15) is 0 Å². The first-order valence-electron chi connectivity index (χ1n) is 5.81. The molecule has 0 aliphatic carbocycles. The molecular weight excluding hydrogens is 178 g/mol. The van der Waals surface area contributed by atoms with Gasteiger partial charge in [-0.1, -0.05) is 0 Å². The zero-order chi connectivity index (χ0) is 10.2. The lowest BCUT2D eigenvalue weighted by molar-refractivity contribution is 0.194. The molecule has 1 heterocycles. The summed E-state index contributed by atoms with van der Waals surface area (Å²) >= 11 is 0. The van der Waals surface area contributed by atoms with Gasteiger partial charge in [0.15, 0.2) is 0 Å². The van der Waals surface area contributed by atoms with E-state index < -0.39 is 0 Å². The monoisotopic (exact) mass is 201 g/mol. The van der Waals surface area contributed by atoms with Crippen molar-refractivity contribution in [3.63, 3.8) is 0 Å². The van der Waals surface area contributed by atoms with Crippen LogP contribution in [0.1, 0.15) is 32.1 Å². The minimum atomic E-state index is 0.280. The highest BCUT2D eigenvalue weighted by Crippen LogP contribution is 2.16. The van der Waals surface area contributed by atoms with Crippen LogP contribution in [0.3, 0.4) is 0 Å². The third kappa shape index (κ3) is 4.40. The summed E-state index contributed by atoms with van der Waals surface area (Å²) in [6.45, 7) is 4.12. The maximum Gasteiger partial charge on any atom is 0.0434 e. The van der Waals surface area contributed by atoms with Gasteiger partial charge in [-0.05, 0) is 51.1 Å². The minimum absolute atomic E-state index is 0.280. The van der Waals surface area contributed by atoms with E-state index in [2.05, 4.69) is 4.90 Å². The standard InChI is InChI=1S/C11H23NO2/c13-8-3-4-11(5-9-14)10-12-6-1-2-7-12/h11,13-14H,1-10H2. The Bertz CT molecular complexity index is 135. The van der Waals surface area contributed by atoms with Gasteiger partial charge in [0, 0.05) is 19.8 Å². The molecule has 0 spiro atoms. The van der Waals surface area contributed by atoms with E-state index in [0.29, 0.717) is 5.92 Å². The van der Waals surface area contributed by atoms with Crippen LogP contribution in [0.25, 0.3) is 0 Å². The summed E-state index contributed by atoms with van der Waals surface area (Å²) in [6.07, 6.45) is 5.46. The van der Waals surface area contributed by atoms with Crippen molar-refractivity contribution < 1.29 is 10.2 Å². The lowest BCUT2D eigenvalue weighted by Crippen LogP contribution is -2.27. The Hall–Kier alpha value is -0.120. The molecular formula is C11H23NO2. The van der Waals surface area contributed by atoms with Crippen LogP contribution < -0.4 is 0 Å². The van der Waals surface area contributed by atoms with Crippen molar-refractivity contribution in [3.8, 4) is 0 Å².